The van der Waals surface area contributed by atoms with Crippen LogP contribution >= 0.6 is 0 Å². The quantitative estimate of drug-likeness (QED) is 0.00941. The van der Waals surface area contributed by atoms with Crippen molar-refractivity contribution >= 4 is 91.3 Å². The van der Waals surface area contributed by atoms with Gasteiger partial charge in [0.15, 0.2) is 0 Å². The van der Waals surface area contributed by atoms with Gasteiger partial charge in [-0.25, -0.2) is 16.8 Å². The maximum absolute atomic E-state index is 12.4. The molecule has 0 aliphatic carbocycles. The van der Waals surface area contributed by atoms with Crippen molar-refractivity contribution in [1.29, 1.82) is 0 Å². The molecule has 0 radical (unpaired) electrons. The molecule has 0 heterocycles. The first-order valence-corrected chi connectivity index (χ1v) is 42.0. The summed E-state index contributed by atoms with van der Waals surface area (Å²) >= 11 is 0. The molecule has 9 aromatic rings. The third-order valence-electron chi connectivity index (χ3n) is 19.2. The molecular weight excluding hydrogens is 1410 g/mol. The summed E-state index contributed by atoms with van der Waals surface area (Å²) in [6.07, 6.45) is 39.1. The molecule has 16 heteroatoms. The van der Waals surface area contributed by atoms with Gasteiger partial charge in [0.2, 0.25) is 0 Å². The highest BCUT2D eigenvalue weighted by Gasteiger charge is 2.18. The summed E-state index contributed by atoms with van der Waals surface area (Å²) in [6, 6.07) is 66.3. The van der Waals surface area contributed by atoms with E-state index in [-0.39, 0.29) is 27.7 Å². The third-order valence-corrected chi connectivity index (χ3v) is 21.0. The number of nitrogens with two attached hydrogens (primary N) is 2. The molecule has 0 spiro atoms. The number of benzene rings is 9. The number of aryl methyl sites for hydroxylation is 2. The fourth-order valence-electron chi connectivity index (χ4n) is 12.9. The predicted molar refractivity (Wildman–Crippen MR) is 460 cm³/mol. The van der Waals surface area contributed by atoms with E-state index in [0.717, 1.165) is 67.2 Å². The monoisotopic (exact) mass is 1520 g/mol. The van der Waals surface area contributed by atoms with Gasteiger partial charge in [0.05, 0.1) is 51.1 Å². The summed E-state index contributed by atoms with van der Waals surface area (Å²) in [7, 11) is 0.0245. The van der Waals surface area contributed by atoms with Crippen LogP contribution < -0.4 is 22.1 Å². The molecular formula is C94H120N6O8S2. The lowest BCUT2D eigenvalue weighted by Gasteiger charge is -2.30. The minimum absolute atomic E-state index is 0.188. The number of quaternary nitrogens is 2. The summed E-state index contributed by atoms with van der Waals surface area (Å²) in [5.74, 6) is -0.652. The van der Waals surface area contributed by atoms with Crippen LogP contribution in [0.5, 0.6) is 0 Å². The van der Waals surface area contributed by atoms with E-state index in [4.69, 9.17) is 11.5 Å². The topological polar surface area (TPSA) is 225 Å². The van der Waals surface area contributed by atoms with Gasteiger partial charge in [-0.05, 0) is 157 Å². The first kappa shape index (κ1) is 89.4. The van der Waals surface area contributed by atoms with E-state index in [1.807, 2.05) is 74.5 Å². The highest BCUT2D eigenvalue weighted by Crippen LogP contribution is 2.27. The highest BCUT2D eigenvalue weighted by atomic mass is 32.2. The van der Waals surface area contributed by atoms with Gasteiger partial charge in [0.1, 0.15) is 33.3 Å². The second kappa shape index (κ2) is 47.5. The molecule has 14 nitrogen and oxygen atoms in total. The van der Waals surface area contributed by atoms with Crippen LogP contribution in [0.15, 0.2) is 228 Å². The number of carbonyl (C=O) groups excluding carboxylic acids is 2. The Bertz CT molecular complexity index is 4470. The normalized spacial score (nSPS) is 11.7. The molecule has 110 heavy (non-hydrogen) atoms. The lowest BCUT2D eigenvalue weighted by molar-refractivity contribution is -0.903. The molecule has 0 aromatic heterocycles. The SMILES string of the molecule is CCCCCCCCCCCC[N+](C)(C)Cc1ccccc1.CCCCCCCCCCCC[N+](C)(C)Cc1ccccc1.Cc1cc(N)ccc1/C=C/c1ccc(/C=C/c2ccc(N)cc2S(=O)(=O)[O-])cc1.Cc1cc(NC(=O)c2ccccc2)ccc1/C=C/c1ccc(NC(=O)c2ccccc2)cc1S(=O)(=O)[O-]. The summed E-state index contributed by atoms with van der Waals surface area (Å²) < 4.78 is 72.4. The van der Waals surface area contributed by atoms with Gasteiger partial charge < -0.3 is 40.2 Å². The van der Waals surface area contributed by atoms with E-state index >= 15 is 0 Å². The van der Waals surface area contributed by atoms with E-state index in [0.29, 0.717) is 22.4 Å². The second-order valence-corrected chi connectivity index (χ2v) is 32.6. The molecule has 0 bridgehead atoms. The van der Waals surface area contributed by atoms with Gasteiger partial charge in [-0.2, -0.15) is 0 Å². The zero-order chi connectivity index (χ0) is 79.6. The van der Waals surface area contributed by atoms with Crippen molar-refractivity contribution in [3.05, 3.63) is 285 Å². The third kappa shape index (κ3) is 35.0. The standard InChI is InChI=1S/C29H24N2O5S.C23H22N2O3S.2C21H38N/c1-20-18-25(30-28(32)23-8-4-2-5-9-23)16-14-21(20)12-13-22-15-17-26(19-27(22)37(34,35)36)31-29(33)24-10-6-3-7-11-24;1-16-14-21(24)12-10-19(16)8-6-17-2-4-18(5-3-17)7-9-20-11-13-22(25)15-23(20)29(26,27)28;2*1-4-5-6-7-8-9-10-11-12-16-19-22(2,3)20-21-17-14-13-15-18-21/h2-19H,1H3,(H,30,32)(H,31,33)(H,34,35,36);2-15H,24-25H2,1H3,(H,26,27,28);2*13-15,17-18H,4-12,16,19-20H2,1-3H3/q;;2*+1/p-2/b13-12+;8-6+,9-7+;;. The minimum atomic E-state index is -4.82. The van der Waals surface area contributed by atoms with Crippen molar-refractivity contribution in [2.24, 2.45) is 0 Å². The lowest BCUT2D eigenvalue weighted by Crippen LogP contribution is -2.39. The van der Waals surface area contributed by atoms with Crippen molar-refractivity contribution in [3.63, 3.8) is 0 Å². The zero-order valence-electron chi connectivity index (χ0n) is 66.4. The van der Waals surface area contributed by atoms with Gasteiger partial charge in [-0.1, -0.05) is 299 Å². The maximum Gasteiger partial charge on any atom is 0.255 e. The number of anilines is 4. The zero-order valence-corrected chi connectivity index (χ0v) is 68.0. The van der Waals surface area contributed by atoms with Gasteiger partial charge >= 0.3 is 0 Å². The minimum Gasteiger partial charge on any atom is -0.744 e. The number of carbonyl (C=O) groups is 2. The van der Waals surface area contributed by atoms with Crippen LogP contribution in [-0.2, 0) is 33.3 Å². The average Bonchev–Trinajstić information content (AvgIpc) is 0.807. The Hall–Kier alpha value is -9.52. The number of hydrogen-bond acceptors (Lipinski definition) is 10. The van der Waals surface area contributed by atoms with Gasteiger partial charge in [-0.15, -0.1) is 0 Å². The fraction of sp³-hybridized carbons (Fsp3) is 0.340. The van der Waals surface area contributed by atoms with E-state index in [1.54, 1.807) is 97.1 Å². The number of nitrogens with one attached hydrogen (secondary N) is 2. The van der Waals surface area contributed by atoms with Crippen LogP contribution in [0, 0.1) is 13.8 Å². The largest absolute Gasteiger partial charge is 0.744 e. The Balaban J connectivity index is 0.000000235. The van der Waals surface area contributed by atoms with E-state index < -0.39 is 31.0 Å². The fourth-order valence-corrected chi connectivity index (χ4v) is 14.3. The lowest BCUT2D eigenvalue weighted by atomic mass is 10.1. The van der Waals surface area contributed by atoms with Crippen LogP contribution in [0.25, 0.3) is 36.5 Å². The van der Waals surface area contributed by atoms with Crippen molar-refractivity contribution in [2.45, 2.75) is 179 Å². The Kier molecular flexibility index (Phi) is 38.6. The Labute approximate surface area is 659 Å². The molecule has 0 aliphatic rings. The van der Waals surface area contributed by atoms with E-state index in [2.05, 4.69) is 113 Å². The highest BCUT2D eigenvalue weighted by molar-refractivity contribution is 7.86. The van der Waals surface area contributed by atoms with Gasteiger partial charge in [0.25, 0.3) is 11.8 Å². The Morgan fingerprint density at radius 1 is 0.355 bits per heavy atom. The predicted octanol–water partition coefficient (Wildman–Crippen LogP) is 22.3. The molecule has 9 rings (SSSR count). The molecule has 6 N–H and O–H groups in total. The van der Waals surface area contributed by atoms with Crippen LogP contribution in [-0.4, -0.2) is 88.0 Å². The van der Waals surface area contributed by atoms with Crippen molar-refractivity contribution in [1.82, 2.24) is 0 Å². The smallest absolute Gasteiger partial charge is 0.255 e. The van der Waals surface area contributed by atoms with E-state index in [9.17, 15) is 35.5 Å². The number of hydrogen-bond donors (Lipinski definition) is 4. The van der Waals surface area contributed by atoms with Crippen molar-refractivity contribution in [3.8, 4) is 0 Å². The molecule has 9 aromatic carbocycles. The van der Waals surface area contributed by atoms with E-state index in [1.165, 1.54) is 183 Å². The van der Waals surface area contributed by atoms with Gasteiger partial charge in [-0.3, -0.25) is 9.59 Å². The average molecular weight is 1530 g/mol. The van der Waals surface area contributed by atoms with Crippen molar-refractivity contribution in [2.75, 3.05) is 63.4 Å². The first-order chi connectivity index (χ1) is 52.7. The number of nitrogen functional groups attached to an aromatic ring is 2. The van der Waals surface area contributed by atoms with Crippen LogP contribution in [0.1, 0.15) is 219 Å². The Morgan fingerprint density at radius 2 is 0.655 bits per heavy atom. The number of nitrogens with zero attached hydrogens (tertiary/aromatic N) is 2. The summed E-state index contributed by atoms with van der Waals surface area (Å²) in [5, 5.41) is 5.46. The molecule has 0 saturated carbocycles. The number of unbranched alkanes of at least 4 members (excludes halogenated alkanes) is 18. The number of amides is 2. The maximum atomic E-state index is 12.4. The summed E-state index contributed by atoms with van der Waals surface area (Å²) in [4.78, 5) is 24.0. The van der Waals surface area contributed by atoms with Crippen LogP contribution in [0.2, 0.25) is 0 Å². The van der Waals surface area contributed by atoms with Crippen molar-refractivity contribution < 1.29 is 44.5 Å². The van der Waals surface area contributed by atoms with Crippen LogP contribution in [0.4, 0.5) is 22.7 Å². The van der Waals surface area contributed by atoms with Crippen LogP contribution in [0.3, 0.4) is 0 Å². The molecule has 586 valence electrons. The molecule has 0 atom stereocenters. The first-order valence-electron chi connectivity index (χ1n) is 39.2. The molecule has 0 aliphatic heterocycles. The Morgan fingerprint density at radius 3 is 1.04 bits per heavy atom. The molecule has 0 fully saturated rings. The number of rotatable bonds is 38. The van der Waals surface area contributed by atoms with Gasteiger partial charge in [0, 0.05) is 45.0 Å². The molecule has 2 amide bonds. The summed E-state index contributed by atoms with van der Waals surface area (Å²) in [5.41, 5.74) is 23.2. The molecule has 0 unspecified atom stereocenters. The summed E-state index contributed by atoms with van der Waals surface area (Å²) in [6.45, 7) is 13.3. The molecule has 0 saturated heterocycles. The second-order valence-electron chi connectivity index (χ2n) is 29.9.